The molecule has 0 aliphatic rings. The zero-order valence-corrected chi connectivity index (χ0v) is 10.8. The summed E-state index contributed by atoms with van der Waals surface area (Å²) in [5.41, 5.74) is 0.109. The van der Waals surface area contributed by atoms with Crippen molar-refractivity contribution in [2.75, 3.05) is 18.4 Å². The second-order valence-electron chi connectivity index (χ2n) is 3.58. The maximum Gasteiger partial charge on any atom is 0.406 e. The van der Waals surface area contributed by atoms with Crippen LogP contribution in [0.5, 0.6) is 5.75 Å². The molecule has 0 bridgehead atoms. The van der Waals surface area contributed by atoms with Crippen LogP contribution < -0.4 is 0 Å². The van der Waals surface area contributed by atoms with Crippen LogP contribution in [0.1, 0.15) is 10.4 Å². The van der Waals surface area contributed by atoms with Crippen LogP contribution >= 0.6 is 15.9 Å². The molecule has 1 rings (SSSR count). The molecule has 0 fully saturated rings. The highest BCUT2D eigenvalue weighted by molar-refractivity contribution is 9.09. The number of phenols is 1. The van der Waals surface area contributed by atoms with Crippen molar-refractivity contribution in [3.8, 4) is 5.75 Å². The number of halogens is 4. The number of hydrogen-bond acceptors (Lipinski definition) is 2. The molecule has 1 aromatic rings. The van der Waals surface area contributed by atoms with Crippen molar-refractivity contribution in [2.45, 2.75) is 6.18 Å². The van der Waals surface area contributed by atoms with Gasteiger partial charge in [0, 0.05) is 17.4 Å². The highest BCUT2D eigenvalue weighted by atomic mass is 79.9. The molecule has 0 radical (unpaired) electrons. The third kappa shape index (κ3) is 4.56. The molecule has 1 aromatic carbocycles. The first kappa shape index (κ1) is 14.8. The van der Waals surface area contributed by atoms with Crippen molar-refractivity contribution in [3.05, 3.63) is 29.8 Å². The van der Waals surface area contributed by atoms with E-state index < -0.39 is 18.6 Å². The molecule has 0 atom stereocenters. The maximum atomic E-state index is 12.3. The van der Waals surface area contributed by atoms with Crippen molar-refractivity contribution < 1.29 is 23.1 Å². The number of nitrogens with zero attached hydrogens (tertiary/aromatic N) is 1. The molecule has 0 heterocycles. The zero-order chi connectivity index (χ0) is 13.8. The fourth-order valence-corrected chi connectivity index (χ4v) is 1.79. The first-order valence-corrected chi connectivity index (χ1v) is 6.16. The molecule has 1 N–H and O–H groups in total. The SMILES string of the molecule is O=C(c1ccc(O)cc1)N(CCBr)CC(F)(F)F. The van der Waals surface area contributed by atoms with Crippen LogP contribution in [0.25, 0.3) is 0 Å². The minimum absolute atomic E-state index is 0.0424. The summed E-state index contributed by atoms with van der Waals surface area (Å²) in [5, 5.41) is 9.31. The zero-order valence-electron chi connectivity index (χ0n) is 9.25. The molecule has 0 saturated carbocycles. The Morgan fingerprint density at radius 3 is 2.28 bits per heavy atom. The molecule has 0 unspecified atom stereocenters. The van der Waals surface area contributed by atoms with Gasteiger partial charge in [-0.05, 0) is 24.3 Å². The van der Waals surface area contributed by atoms with Crippen LogP contribution in [0.15, 0.2) is 24.3 Å². The molecular formula is C11H11BrF3NO2. The van der Waals surface area contributed by atoms with Gasteiger partial charge in [-0.25, -0.2) is 0 Å². The molecule has 0 aliphatic heterocycles. The van der Waals surface area contributed by atoms with E-state index in [-0.39, 0.29) is 23.2 Å². The monoisotopic (exact) mass is 325 g/mol. The minimum atomic E-state index is -4.44. The van der Waals surface area contributed by atoms with E-state index in [9.17, 15) is 18.0 Å². The summed E-state index contributed by atoms with van der Waals surface area (Å²) in [5.74, 6) is -0.763. The first-order chi connectivity index (χ1) is 8.33. The number of phenolic OH excluding ortho intramolecular Hbond substituents is 1. The fraction of sp³-hybridized carbons (Fsp3) is 0.364. The predicted octanol–water partition coefficient (Wildman–Crippen LogP) is 2.79. The van der Waals surface area contributed by atoms with E-state index in [0.29, 0.717) is 4.90 Å². The van der Waals surface area contributed by atoms with Crippen LogP contribution in [0, 0.1) is 0 Å². The van der Waals surface area contributed by atoms with E-state index in [4.69, 9.17) is 5.11 Å². The Labute approximate surface area is 110 Å². The summed E-state index contributed by atoms with van der Waals surface area (Å²) >= 11 is 3.01. The van der Waals surface area contributed by atoms with Crippen LogP contribution in [0.2, 0.25) is 0 Å². The Morgan fingerprint density at radius 1 is 1.28 bits per heavy atom. The minimum Gasteiger partial charge on any atom is -0.508 e. The molecule has 1 amide bonds. The number of rotatable bonds is 4. The standard InChI is InChI=1S/C11H11BrF3NO2/c12-5-6-16(7-11(13,14)15)10(18)8-1-3-9(17)4-2-8/h1-4,17H,5-7H2. The van der Waals surface area contributed by atoms with Crippen molar-refractivity contribution >= 4 is 21.8 Å². The lowest BCUT2D eigenvalue weighted by molar-refractivity contribution is -0.140. The van der Waals surface area contributed by atoms with Crippen molar-refractivity contribution in [2.24, 2.45) is 0 Å². The highest BCUT2D eigenvalue weighted by Gasteiger charge is 2.33. The molecule has 3 nitrogen and oxygen atoms in total. The van der Waals surface area contributed by atoms with Gasteiger partial charge in [-0.15, -0.1) is 0 Å². The lowest BCUT2D eigenvalue weighted by atomic mass is 10.2. The number of carbonyl (C=O) groups excluding carboxylic acids is 1. The van der Waals surface area contributed by atoms with Gasteiger partial charge in [0.2, 0.25) is 0 Å². The summed E-state index contributed by atoms with van der Waals surface area (Å²) in [4.78, 5) is 12.6. The third-order valence-electron chi connectivity index (χ3n) is 2.13. The number of alkyl halides is 4. The maximum absolute atomic E-state index is 12.3. The van der Waals surface area contributed by atoms with E-state index in [1.165, 1.54) is 24.3 Å². The van der Waals surface area contributed by atoms with Gasteiger partial charge in [0.15, 0.2) is 0 Å². The summed E-state index contributed by atoms with van der Waals surface area (Å²) in [6.45, 7) is -1.34. The van der Waals surface area contributed by atoms with E-state index in [2.05, 4.69) is 15.9 Å². The van der Waals surface area contributed by atoms with Gasteiger partial charge in [0.05, 0.1) is 0 Å². The van der Waals surface area contributed by atoms with E-state index in [1.807, 2.05) is 0 Å². The molecule has 7 heteroatoms. The number of hydrogen-bond donors (Lipinski definition) is 1. The van der Waals surface area contributed by atoms with E-state index in [0.717, 1.165) is 0 Å². The number of amides is 1. The Morgan fingerprint density at radius 2 is 1.83 bits per heavy atom. The number of aromatic hydroxyl groups is 1. The van der Waals surface area contributed by atoms with Crippen molar-refractivity contribution in [3.63, 3.8) is 0 Å². The molecule has 0 saturated heterocycles. The van der Waals surface area contributed by atoms with Gasteiger partial charge < -0.3 is 10.0 Å². The summed E-state index contributed by atoms with van der Waals surface area (Å²) in [7, 11) is 0. The first-order valence-electron chi connectivity index (χ1n) is 5.04. The smallest absolute Gasteiger partial charge is 0.406 e. The molecule has 0 aliphatic carbocycles. The predicted molar refractivity (Wildman–Crippen MR) is 63.9 cm³/mol. The molecule has 0 aromatic heterocycles. The lowest BCUT2D eigenvalue weighted by Crippen LogP contribution is -2.40. The number of carbonyl (C=O) groups is 1. The van der Waals surface area contributed by atoms with Crippen molar-refractivity contribution in [1.29, 1.82) is 0 Å². The fourth-order valence-electron chi connectivity index (χ4n) is 1.36. The average molecular weight is 326 g/mol. The summed E-state index contributed by atoms with van der Waals surface area (Å²) in [6.07, 6.45) is -4.44. The van der Waals surface area contributed by atoms with Crippen molar-refractivity contribution in [1.82, 2.24) is 4.90 Å². The second kappa shape index (κ2) is 6.08. The van der Waals surface area contributed by atoms with Gasteiger partial charge in [0.1, 0.15) is 12.3 Å². The van der Waals surface area contributed by atoms with Gasteiger partial charge in [0.25, 0.3) is 5.91 Å². The lowest BCUT2D eigenvalue weighted by Gasteiger charge is -2.23. The van der Waals surface area contributed by atoms with E-state index in [1.54, 1.807) is 0 Å². The molecule has 0 spiro atoms. The van der Waals surface area contributed by atoms with Gasteiger partial charge in [-0.2, -0.15) is 13.2 Å². The van der Waals surface area contributed by atoms with Gasteiger partial charge >= 0.3 is 6.18 Å². The van der Waals surface area contributed by atoms with E-state index >= 15 is 0 Å². The quantitative estimate of drug-likeness (QED) is 0.865. The van der Waals surface area contributed by atoms with Crippen LogP contribution in [0.3, 0.4) is 0 Å². The third-order valence-corrected chi connectivity index (χ3v) is 2.48. The number of benzene rings is 1. The summed E-state index contributed by atoms with van der Waals surface area (Å²) in [6, 6.07) is 5.09. The summed E-state index contributed by atoms with van der Waals surface area (Å²) < 4.78 is 37.0. The molecule has 100 valence electrons. The Kier molecular flexibility index (Phi) is 5.01. The largest absolute Gasteiger partial charge is 0.508 e. The molecular weight excluding hydrogens is 315 g/mol. The van der Waals surface area contributed by atoms with Crippen LogP contribution in [0.4, 0.5) is 13.2 Å². The Balaban J connectivity index is 2.85. The Hall–Kier alpha value is -1.24. The topological polar surface area (TPSA) is 40.5 Å². The normalized spacial score (nSPS) is 11.3. The highest BCUT2D eigenvalue weighted by Crippen LogP contribution is 2.19. The van der Waals surface area contributed by atoms with Gasteiger partial charge in [-0.1, -0.05) is 15.9 Å². The van der Waals surface area contributed by atoms with Gasteiger partial charge in [-0.3, -0.25) is 4.79 Å². The second-order valence-corrected chi connectivity index (χ2v) is 4.37. The van der Waals surface area contributed by atoms with Crippen LogP contribution in [-0.2, 0) is 0 Å². The average Bonchev–Trinajstić information content (AvgIpc) is 2.27. The Bertz CT molecular complexity index is 406. The van der Waals surface area contributed by atoms with Crippen LogP contribution in [-0.4, -0.2) is 40.5 Å². The molecule has 18 heavy (non-hydrogen) atoms.